The highest BCUT2D eigenvalue weighted by Crippen LogP contribution is 2.55. The molecule has 2 aromatic carbocycles. The minimum atomic E-state index is -0.482. The van der Waals surface area contributed by atoms with Crippen LogP contribution < -0.4 is 24.3 Å². The summed E-state index contributed by atoms with van der Waals surface area (Å²) in [5, 5.41) is 14.4. The molecule has 0 radical (unpaired) electrons. The van der Waals surface area contributed by atoms with Gasteiger partial charge in [0.05, 0.1) is 33.4 Å². The number of methoxy groups -OCH3 is 2. The van der Waals surface area contributed by atoms with Gasteiger partial charge in [0.2, 0.25) is 12.5 Å². The van der Waals surface area contributed by atoms with Crippen LogP contribution in [-0.4, -0.2) is 75.4 Å². The van der Waals surface area contributed by atoms with Crippen molar-refractivity contribution >= 4 is 12.1 Å². The Morgan fingerprint density at radius 2 is 1.68 bits per heavy atom. The van der Waals surface area contributed by atoms with Crippen molar-refractivity contribution in [1.82, 2.24) is 10.2 Å². The van der Waals surface area contributed by atoms with Crippen LogP contribution >= 0.6 is 0 Å². The molecule has 1 aliphatic carbocycles. The fourth-order valence-electron chi connectivity index (χ4n) is 6.57. The molecule has 2 saturated heterocycles. The zero-order valence-electron chi connectivity index (χ0n) is 22.8. The average molecular weight is 555 g/mol. The molecule has 0 saturated carbocycles. The highest BCUT2D eigenvalue weighted by Gasteiger charge is 2.53. The fraction of sp³-hybridized carbons (Fsp3) is 0.517. The molecule has 4 unspecified atom stereocenters. The number of benzene rings is 2. The van der Waals surface area contributed by atoms with Gasteiger partial charge in [0, 0.05) is 37.0 Å². The Morgan fingerprint density at radius 3 is 2.30 bits per heavy atom. The van der Waals surface area contributed by atoms with Crippen LogP contribution in [0.2, 0.25) is 0 Å². The van der Waals surface area contributed by atoms with Crippen LogP contribution in [0.25, 0.3) is 0 Å². The Balaban J connectivity index is 1.39. The van der Waals surface area contributed by atoms with Crippen LogP contribution in [0.5, 0.6) is 28.7 Å². The highest BCUT2D eigenvalue weighted by molar-refractivity contribution is 5.79. The quantitative estimate of drug-likeness (QED) is 0.514. The number of piperidine rings is 1. The first-order valence-electron chi connectivity index (χ1n) is 13.7. The molecule has 2 N–H and O–H groups in total. The zero-order chi connectivity index (χ0) is 28.0. The number of aromatic hydroxyl groups is 1. The van der Waals surface area contributed by atoms with E-state index in [1.165, 1.54) is 14.2 Å². The predicted molar refractivity (Wildman–Crippen MR) is 141 cm³/mol. The van der Waals surface area contributed by atoms with Gasteiger partial charge in [0.1, 0.15) is 0 Å². The average Bonchev–Trinajstić information content (AvgIpc) is 3.59. The second-order valence-corrected chi connectivity index (χ2v) is 10.5. The van der Waals surface area contributed by atoms with Crippen molar-refractivity contribution in [3.05, 3.63) is 41.0 Å². The van der Waals surface area contributed by atoms with Crippen LogP contribution in [-0.2, 0) is 14.3 Å². The standard InChI is InChI=1S/C29H34N2O9/c1-4-37-29(34)31-7-5-16(6-8-31)30-26-18-12-21-20(39-14-40-21)11-17(18)24(25-19(26)13-38-28(25)33)15-9-22(35-2)27(32)23(10-15)36-3/h9-12,16,19,24-26,30,32H,4-8,13-14H2,1-3H3. The van der Waals surface area contributed by atoms with Crippen molar-refractivity contribution < 1.29 is 43.1 Å². The maximum absolute atomic E-state index is 13.4. The number of fused-ring (bicyclic) bond motifs is 3. The van der Waals surface area contributed by atoms with Crippen molar-refractivity contribution in [3.8, 4) is 28.7 Å². The third-order valence-corrected chi connectivity index (χ3v) is 8.48. The first-order chi connectivity index (χ1) is 19.4. The van der Waals surface area contributed by atoms with Crippen LogP contribution in [0.1, 0.15) is 48.4 Å². The van der Waals surface area contributed by atoms with E-state index in [0.717, 1.165) is 29.5 Å². The molecule has 3 aliphatic heterocycles. The van der Waals surface area contributed by atoms with Gasteiger partial charge in [-0.2, -0.15) is 0 Å². The number of phenols is 1. The van der Waals surface area contributed by atoms with Gasteiger partial charge in [-0.1, -0.05) is 0 Å². The van der Waals surface area contributed by atoms with Crippen molar-refractivity contribution in [1.29, 1.82) is 0 Å². The maximum atomic E-state index is 13.4. The van der Waals surface area contributed by atoms with E-state index < -0.39 is 11.8 Å². The molecule has 2 fully saturated rings. The first kappa shape index (κ1) is 26.4. The number of nitrogens with one attached hydrogen (secondary N) is 1. The Morgan fingerprint density at radius 1 is 1.02 bits per heavy atom. The molecule has 0 spiro atoms. The van der Waals surface area contributed by atoms with Crippen molar-refractivity contribution in [2.75, 3.05) is 47.3 Å². The minimum absolute atomic E-state index is 0.102. The Labute approximate surface area is 232 Å². The number of likely N-dealkylation sites (tertiary alicyclic amines) is 1. The van der Waals surface area contributed by atoms with Crippen LogP contribution in [0, 0.1) is 11.8 Å². The Bertz CT molecular complexity index is 1280. The number of hydrogen-bond acceptors (Lipinski definition) is 10. The number of hydrogen-bond donors (Lipinski definition) is 2. The summed E-state index contributed by atoms with van der Waals surface area (Å²) in [7, 11) is 2.95. The molecule has 11 heteroatoms. The van der Waals surface area contributed by atoms with Gasteiger partial charge >= 0.3 is 12.1 Å². The number of nitrogens with zero attached hydrogens (tertiary/aromatic N) is 1. The highest BCUT2D eigenvalue weighted by atomic mass is 16.7. The van der Waals surface area contributed by atoms with E-state index in [9.17, 15) is 14.7 Å². The summed E-state index contributed by atoms with van der Waals surface area (Å²) >= 11 is 0. The van der Waals surface area contributed by atoms with Crippen molar-refractivity contribution in [3.63, 3.8) is 0 Å². The summed E-state index contributed by atoms with van der Waals surface area (Å²) in [4.78, 5) is 27.3. The lowest BCUT2D eigenvalue weighted by Gasteiger charge is -2.42. The lowest BCUT2D eigenvalue weighted by Crippen LogP contribution is -2.49. The van der Waals surface area contributed by atoms with Crippen molar-refractivity contribution in [2.24, 2.45) is 11.8 Å². The molecule has 214 valence electrons. The van der Waals surface area contributed by atoms with Gasteiger partial charge in [-0.05, 0) is 60.7 Å². The molecule has 6 rings (SSSR count). The van der Waals surface area contributed by atoms with Crippen LogP contribution in [0.4, 0.5) is 4.79 Å². The second kappa shape index (κ2) is 10.6. The molecule has 0 bridgehead atoms. The molecule has 0 aromatic heterocycles. The molecule has 11 nitrogen and oxygen atoms in total. The number of cyclic esters (lactones) is 1. The maximum Gasteiger partial charge on any atom is 0.409 e. The van der Waals surface area contributed by atoms with Gasteiger partial charge < -0.3 is 43.7 Å². The number of esters is 1. The van der Waals surface area contributed by atoms with Crippen molar-refractivity contribution in [2.45, 2.75) is 37.8 Å². The van der Waals surface area contributed by atoms with Gasteiger partial charge in [-0.3, -0.25) is 4.79 Å². The zero-order valence-corrected chi connectivity index (χ0v) is 22.8. The third kappa shape index (κ3) is 4.42. The van der Waals surface area contributed by atoms with Gasteiger partial charge in [0.25, 0.3) is 0 Å². The summed E-state index contributed by atoms with van der Waals surface area (Å²) in [6, 6.07) is 7.40. The van der Waals surface area contributed by atoms with E-state index in [1.807, 2.05) is 12.1 Å². The number of carbonyl (C=O) groups excluding carboxylic acids is 2. The van der Waals surface area contributed by atoms with Crippen LogP contribution in [0.15, 0.2) is 24.3 Å². The number of amides is 1. The lowest BCUT2D eigenvalue weighted by molar-refractivity contribution is -0.141. The van der Waals surface area contributed by atoms with E-state index in [0.29, 0.717) is 31.2 Å². The molecule has 4 atom stereocenters. The SMILES string of the molecule is CCOC(=O)N1CCC(NC2c3cc4c(cc3C(c3cc(OC)c(O)c(OC)c3)C3C(=O)OCC23)OCO4)CC1. The first-order valence-corrected chi connectivity index (χ1v) is 13.7. The molecule has 2 aromatic rings. The fourth-order valence-corrected chi connectivity index (χ4v) is 6.57. The largest absolute Gasteiger partial charge is 0.502 e. The van der Waals surface area contributed by atoms with Gasteiger partial charge in [-0.25, -0.2) is 4.79 Å². The molecule has 3 heterocycles. The summed E-state index contributed by atoms with van der Waals surface area (Å²) in [5.74, 6) is 0.392. The lowest BCUT2D eigenvalue weighted by atomic mass is 9.65. The Kier molecular flexibility index (Phi) is 6.99. The minimum Gasteiger partial charge on any atom is -0.502 e. The topological polar surface area (TPSA) is 125 Å². The number of rotatable bonds is 6. The number of carbonyl (C=O) groups is 2. The summed E-state index contributed by atoms with van der Waals surface area (Å²) < 4.78 is 33.2. The second-order valence-electron chi connectivity index (χ2n) is 10.5. The summed E-state index contributed by atoms with van der Waals surface area (Å²) in [6.07, 6.45) is 1.24. The van der Waals surface area contributed by atoms with E-state index >= 15 is 0 Å². The molecule has 1 amide bonds. The third-order valence-electron chi connectivity index (χ3n) is 8.48. The smallest absolute Gasteiger partial charge is 0.409 e. The van der Waals surface area contributed by atoms with E-state index in [1.54, 1.807) is 24.0 Å². The van der Waals surface area contributed by atoms with Gasteiger partial charge in [-0.15, -0.1) is 0 Å². The van der Waals surface area contributed by atoms with E-state index in [2.05, 4.69) is 5.32 Å². The van der Waals surface area contributed by atoms with Gasteiger partial charge in [0.15, 0.2) is 23.0 Å². The molecular formula is C29H34N2O9. The number of phenolic OH excluding ortho intramolecular Hbond substituents is 1. The number of ether oxygens (including phenoxy) is 6. The molecule has 4 aliphatic rings. The molecular weight excluding hydrogens is 520 g/mol. The van der Waals surface area contributed by atoms with E-state index in [-0.39, 0.29) is 60.7 Å². The summed E-state index contributed by atoms with van der Waals surface area (Å²) in [6.45, 7) is 3.75. The van der Waals surface area contributed by atoms with Crippen LogP contribution in [0.3, 0.4) is 0 Å². The monoisotopic (exact) mass is 554 g/mol. The molecule has 40 heavy (non-hydrogen) atoms. The predicted octanol–water partition coefficient (Wildman–Crippen LogP) is 3.32. The van der Waals surface area contributed by atoms with E-state index in [4.69, 9.17) is 28.4 Å². The normalized spacial score (nSPS) is 25.2. The summed E-state index contributed by atoms with van der Waals surface area (Å²) in [5.41, 5.74) is 2.69. The Hall–Kier alpha value is -3.86.